The fraction of sp³-hybridized carbons (Fsp3) is 0.100. The molecule has 0 aliphatic carbocycles. The molecule has 2 heterocycles. The van der Waals surface area contributed by atoms with Gasteiger partial charge in [-0.15, -0.1) is 0 Å². The van der Waals surface area contributed by atoms with Crippen molar-refractivity contribution in [3.05, 3.63) is 36.4 Å². The highest BCUT2D eigenvalue weighted by molar-refractivity contribution is 9.08. The number of nitrogens with zero attached hydrogens (tertiary/aromatic N) is 1. The van der Waals surface area contributed by atoms with Crippen LogP contribution in [0, 0.1) is 0 Å². The molecule has 0 radical (unpaired) electrons. The lowest BCUT2D eigenvalue weighted by atomic mass is 10.4. The van der Waals surface area contributed by atoms with Crippen molar-refractivity contribution in [2.75, 3.05) is 0 Å². The van der Waals surface area contributed by atoms with E-state index in [1.165, 1.54) is 0 Å². The maximum atomic E-state index is 5.48. The number of halogens is 1. The van der Waals surface area contributed by atoms with Gasteiger partial charge < -0.3 is 8.83 Å². The Balaban J connectivity index is 2.46. The minimum atomic E-state index is 0.486. The first-order chi connectivity index (χ1) is 6.85. The summed E-state index contributed by atoms with van der Waals surface area (Å²) < 4.78 is 10.6. The van der Waals surface area contributed by atoms with Crippen LogP contribution >= 0.6 is 15.9 Å². The van der Waals surface area contributed by atoms with Crippen LogP contribution in [0.25, 0.3) is 17.7 Å². The van der Waals surface area contributed by atoms with Crippen LogP contribution in [0.5, 0.6) is 0 Å². The van der Waals surface area contributed by atoms with E-state index >= 15 is 0 Å². The SMILES string of the molecule is C=Cc1nc(-c2ccco2)oc1CBr. The van der Waals surface area contributed by atoms with Crippen molar-refractivity contribution in [3.63, 3.8) is 0 Å². The summed E-state index contributed by atoms with van der Waals surface area (Å²) in [7, 11) is 0. The first-order valence-corrected chi connectivity index (χ1v) is 5.19. The molecule has 0 saturated carbocycles. The Morgan fingerprint density at radius 3 is 2.93 bits per heavy atom. The zero-order chi connectivity index (χ0) is 9.97. The highest BCUT2D eigenvalue weighted by atomic mass is 79.9. The van der Waals surface area contributed by atoms with Crippen molar-refractivity contribution < 1.29 is 8.83 Å². The molecule has 2 rings (SSSR count). The van der Waals surface area contributed by atoms with E-state index in [0.29, 0.717) is 17.0 Å². The predicted octanol–water partition coefficient (Wildman–Crippen LogP) is 3.47. The van der Waals surface area contributed by atoms with Gasteiger partial charge in [-0.3, -0.25) is 0 Å². The van der Waals surface area contributed by atoms with E-state index < -0.39 is 0 Å². The zero-order valence-corrected chi connectivity index (χ0v) is 8.95. The third-order valence-corrected chi connectivity index (χ3v) is 2.28. The molecule has 0 spiro atoms. The van der Waals surface area contributed by atoms with E-state index in [1.54, 1.807) is 24.5 Å². The third kappa shape index (κ3) is 1.53. The molecular weight excluding hydrogens is 246 g/mol. The normalized spacial score (nSPS) is 10.4. The Bertz CT molecular complexity index is 431. The van der Waals surface area contributed by atoms with Crippen LogP contribution in [0.2, 0.25) is 0 Å². The Kier molecular flexibility index (Phi) is 2.54. The molecule has 72 valence electrons. The summed E-state index contributed by atoms with van der Waals surface area (Å²) >= 11 is 3.31. The second-order valence-corrected chi connectivity index (χ2v) is 3.20. The molecule has 0 aliphatic heterocycles. The van der Waals surface area contributed by atoms with E-state index in [4.69, 9.17) is 8.83 Å². The van der Waals surface area contributed by atoms with E-state index in [1.807, 2.05) is 0 Å². The van der Waals surface area contributed by atoms with Gasteiger partial charge in [0.25, 0.3) is 5.89 Å². The van der Waals surface area contributed by atoms with Crippen molar-refractivity contribution in [2.24, 2.45) is 0 Å². The predicted molar refractivity (Wildman–Crippen MR) is 56.9 cm³/mol. The molecule has 0 aromatic carbocycles. The van der Waals surface area contributed by atoms with Crippen molar-refractivity contribution in [3.8, 4) is 11.7 Å². The summed E-state index contributed by atoms with van der Waals surface area (Å²) in [4.78, 5) is 4.23. The number of oxazole rings is 1. The Morgan fingerprint density at radius 1 is 1.57 bits per heavy atom. The smallest absolute Gasteiger partial charge is 0.263 e. The average molecular weight is 254 g/mol. The molecule has 14 heavy (non-hydrogen) atoms. The molecule has 4 heteroatoms. The largest absolute Gasteiger partial charge is 0.459 e. The van der Waals surface area contributed by atoms with E-state index in [0.717, 1.165) is 11.5 Å². The standard InChI is InChI=1S/C10H8BrNO2/c1-2-7-9(6-11)14-10(12-7)8-4-3-5-13-8/h2-5H,1,6H2. The molecule has 2 aromatic rings. The van der Waals surface area contributed by atoms with Crippen molar-refractivity contribution >= 4 is 22.0 Å². The van der Waals surface area contributed by atoms with Crippen LogP contribution < -0.4 is 0 Å². The second kappa shape index (κ2) is 3.84. The number of alkyl halides is 1. The van der Waals surface area contributed by atoms with Gasteiger partial charge in [0.15, 0.2) is 5.76 Å². The van der Waals surface area contributed by atoms with Gasteiger partial charge in [-0.25, -0.2) is 4.98 Å². The van der Waals surface area contributed by atoms with Crippen LogP contribution in [0.1, 0.15) is 11.5 Å². The van der Waals surface area contributed by atoms with Gasteiger partial charge in [-0.05, 0) is 18.2 Å². The minimum Gasteiger partial charge on any atom is -0.459 e. The van der Waals surface area contributed by atoms with Gasteiger partial charge >= 0.3 is 0 Å². The van der Waals surface area contributed by atoms with Gasteiger partial charge in [0.2, 0.25) is 0 Å². The fourth-order valence-electron chi connectivity index (χ4n) is 1.12. The van der Waals surface area contributed by atoms with Crippen molar-refractivity contribution in [1.82, 2.24) is 4.98 Å². The molecule has 0 fully saturated rings. The lowest BCUT2D eigenvalue weighted by Gasteiger charge is -1.86. The Labute approximate surface area is 89.6 Å². The second-order valence-electron chi connectivity index (χ2n) is 2.64. The van der Waals surface area contributed by atoms with Crippen LogP contribution in [-0.4, -0.2) is 4.98 Å². The number of aromatic nitrogens is 1. The summed E-state index contributed by atoms with van der Waals surface area (Å²) in [6.07, 6.45) is 3.24. The van der Waals surface area contributed by atoms with Gasteiger partial charge in [0, 0.05) is 0 Å². The van der Waals surface area contributed by atoms with E-state index in [9.17, 15) is 0 Å². The highest BCUT2D eigenvalue weighted by Gasteiger charge is 2.12. The lowest BCUT2D eigenvalue weighted by Crippen LogP contribution is -1.76. The monoisotopic (exact) mass is 253 g/mol. The molecule has 0 aliphatic rings. The summed E-state index contributed by atoms with van der Waals surface area (Å²) in [5.41, 5.74) is 0.744. The topological polar surface area (TPSA) is 39.2 Å². The fourth-order valence-corrected chi connectivity index (χ4v) is 1.53. The molecule has 0 unspecified atom stereocenters. The third-order valence-electron chi connectivity index (χ3n) is 1.77. The maximum absolute atomic E-state index is 5.48. The Hall–Kier alpha value is -1.29. The maximum Gasteiger partial charge on any atom is 0.263 e. The molecule has 0 bridgehead atoms. The first-order valence-electron chi connectivity index (χ1n) is 4.07. The molecule has 0 atom stereocenters. The van der Waals surface area contributed by atoms with E-state index in [-0.39, 0.29) is 0 Å². The molecule has 3 nitrogen and oxygen atoms in total. The number of rotatable bonds is 3. The number of hydrogen-bond acceptors (Lipinski definition) is 3. The molecular formula is C10H8BrNO2. The number of furan rings is 1. The summed E-state index contributed by atoms with van der Waals surface area (Å²) in [5.74, 6) is 1.87. The quantitative estimate of drug-likeness (QED) is 0.787. The number of hydrogen-bond donors (Lipinski definition) is 0. The van der Waals surface area contributed by atoms with Gasteiger partial charge in [0.1, 0.15) is 11.5 Å². The van der Waals surface area contributed by atoms with Crippen LogP contribution in [0.3, 0.4) is 0 Å². The molecule has 2 aromatic heterocycles. The van der Waals surface area contributed by atoms with Gasteiger partial charge in [-0.2, -0.15) is 0 Å². The van der Waals surface area contributed by atoms with Crippen molar-refractivity contribution in [1.29, 1.82) is 0 Å². The molecule has 0 N–H and O–H groups in total. The van der Waals surface area contributed by atoms with Crippen LogP contribution in [-0.2, 0) is 5.33 Å². The summed E-state index contributed by atoms with van der Waals surface area (Å²) in [6.45, 7) is 3.66. The van der Waals surface area contributed by atoms with Gasteiger partial charge in [-0.1, -0.05) is 22.5 Å². The van der Waals surface area contributed by atoms with E-state index in [2.05, 4.69) is 27.5 Å². The summed E-state index contributed by atoms with van der Waals surface area (Å²) in [6, 6.07) is 3.59. The molecule has 0 amide bonds. The van der Waals surface area contributed by atoms with Crippen LogP contribution in [0.4, 0.5) is 0 Å². The van der Waals surface area contributed by atoms with Crippen molar-refractivity contribution in [2.45, 2.75) is 5.33 Å². The summed E-state index contributed by atoms with van der Waals surface area (Å²) in [5, 5.41) is 0.613. The zero-order valence-electron chi connectivity index (χ0n) is 7.37. The first kappa shape index (κ1) is 9.27. The van der Waals surface area contributed by atoms with Gasteiger partial charge in [0.05, 0.1) is 11.6 Å². The Morgan fingerprint density at radius 2 is 2.43 bits per heavy atom. The minimum absolute atomic E-state index is 0.486. The molecule has 0 saturated heterocycles. The highest BCUT2D eigenvalue weighted by Crippen LogP contribution is 2.24. The average Bonchev–Trinajstić information content (AvgIpc) is 2.85. The lowest BCUT2D eigenvalue weighted by molar-refractivity contribution is 0.499. The van der Waals surface area contributed by atoms with Crippen LogP contribution in [0.15, 0.2) is 33.8 Å².